The van der Waals surface area contributed by atoms with E-state index in [0.717, 1.165) is 7.05 Å². The van der Waals surface area contributed by atoms with Gasteiger partial charge in [0.2, 0.25) is 10.0 Å². The van der Waals surface area contributed by atoms with Crippen LogP contribution < -0.4 is 5.73 Å². The van der Waals surface area contributed by atoms with Gasteiger partial charge in [0.1, 0.15) is 11.6 Å². The molecule has 6 nitrogen and oxygen atoms in total. The number of hydrogen-bond acceptors (Lipinski definition) is 5. The van der Waals surface area contributed by atoms with Crippen molar-refractivity contribution >= 4 is 25.5 Å². The average Bonchev–Trinajstić information content (AvgIpc) is 2.66. The standard InChI is InChI=1S/C11H14F2N2O4S2/c1-15(8-2-3-20(16,17)6-8)21(18,19)11-9(12)4-7(14)5-10(11)13/h4-5,8H,2-3,6,14H2,1H3. The van der Waals surface area contributed by atoms with Gasteiger partial charge in [-0.25, -0.2) is 25.6 Å². The van der Waals surface area contributed by atoms with Crippen molar-refractivity contribution in [3.8, 4) is 0 Å². The highest BCUT2D eigenvalue weighted by molar-refractivity contribution is 7.92. The zero-order valence-electron chi connectivity index (χ0n) is 11.1. The molecule has 0 radical (unpaired) electrons. The summed E-state index contributed by atoms with van der Waals surface area (Å²) in [5, 5.41) is 0. The number of sulfone groups is 1. The Hall–Kier alpha value is -1.26. The SMILES string of the molecule is CN(C1CCS(=O)(=O)C1)S(=O)(=O)c1c(F)cc(N)cc1F. The second-order valence-electron chi connectivity index (χ2n) is 4.89. The molecule has 2 N–H and O–H groups in total. The van der Waals surface area contributed by atoms with Crippen LogP contribution in [0.2, 0.25) is 0 Å². The van der Waals surface area contributed by atoms with Crippen LogP contribution in [0.25, 0.3) is 0 Å². The summed E-state index contributed by atoms with van der Waals surface area (Å²) in [6, 6.07) is 0.570. The van der Waals surface area contributed by atoms with Gasteiger partial charge < -0.3 is 5.73 Å². The third kappa shape index (κ3) is 3.01. The van der Waals surface area contributed by atoms with E-state index in [1.165, 1.54) is 0 Å². The first kappa shape index (κ1) is 16.1. The number of hydrogen-bond donors (Lipinski definition) is 1. The molecule has 1 fully saturated rings. The molecule has 0 amide bonds. The first-order valence-electron chi connectivity index (χ1n) is 5.97. The molecule has 1 aliphatic heterocycles. The summed E-state index contributed by atoms with van der Waals surface area (Å²) >= 11 is 0. The summed E-state index contributed by atoms with van der Waals surface area (Å²) in [5.41, 5.74) is 5.00. The van der Waals surface area contributed by atoms with Crippen molar-refractivity contribution in [1.82, 2.24) is 4.31 Å². The van der Waals surface area contributed by atoms with Crippen molar-refractivity contribution in [3.05, 3.63) is 23.8 Å². The van der Waals surface area contributed by atoms with E-state index in [0.29, 0.717) is 16.4 Å². The van der Waals surface area contributed by atoms with Crippen LogP contribution in [0.5, 0.6) is 0 Å². The number of nitrogens with two attached hydrogens (primary N) is 1. The molecule has 2 rings (SSSR count). The van der Waals surface area contributed by atoms with Crippen LogP contribution >= 0.6 is 0 Å². The minimum atomic E-state index is -4.49. The summed E-state index contributed by atoms with van der Waals surface area (Å²) in [5.74, 6) is -3.12. The molecule has 10 heteroatoms. The lowest BCUT2D eigenvalue weighted by molar-refractivity contribution is 0.387. The van der Waals surface area contributed by atoms with Gasteiger partial charge in [0.05, 0.1) is 11.5 Å². The lowest BCUT2D eigenvalue weighted by Gasteiger charge is -2.23. The smallest absolute Gasteiger partial charge is 0.248 e. The highest BCUT2D eigenvalue weighted by Gasteiger charge is 2.38. The third-order valence-electron chi connectivity index (χ3n) is 3.38. The van der Waals surface area contributed by atoms with Gasteiger partial charge in [-0.2, -0.15) is 4.31 Å². The fraction of sp³-hybridized carbons (Fsp3) is 0.455. The maximum atomic E-state index is 13.8. The molecule has 0 saturated carbocycles. The summed E-state index contributed by atoms with van der Waals surface area (Å²) < 4.78 is 75.6. The molecule has 1 aromatic carbocycles. The first-order valence-corrected chi connectivity index (χ1v) is 9.24. The fourth-order valence-electron chi connectivity index (χ4n) is 2.23. The number of nitrogens with zero attached hydrogens (tertiary/aromatic N) is 1. The van der Waals surface area contributed by atoms with Gasteiger partial charge in [-0.1, -0.05) is 0 Å². The minimum Gasteiger partial charge on any atom is -0.399 e. The molecular formula is C11H14F2N2O4S2. The molecule has 0 aromatic heterocycles. The Morgan fingerprint density at radius 1 is 1.29 bits per heavy atom. The Kier molecular flexibility index (Phi) is 3.98. The van der Waals surface area contributed by atoms with E-state index >= 15 is 0 Å². The monoisotopic (exact) mass is 340 g/mol. The van der Waals surface area contributed by atoms with E-state index in [1.807, 2.05) is 0 Å². The van der Waals surface area contributed by atoms with Crippen molar-refractivity contribution in [2.75, 3.05) is 24.3 Å². The highest BCUT2D eigenvalue weighted by Crippen LogP contribution is 2.28. The first-order chi connectivity index (χ1) is 9.54. The van der Waals surface area contributed by atoms with E-state index in [4.69, 9.17) is 5.73 Å². The number of nitrogen functional groups attached to an aromatic ring is 1. The van der Waals surface area contributed by atoms with Gasteiger partial charge in [-0.3, -0.25) is 0 Å². The van der Waals surface area contributed by atoms with Crippen molar-refractivity contribution in [1.29, 1.82) is 0 Å². The van der Waals surface area contributed by atoms with Crippen LogP contribution in [0.3, 0.4) is 0 Å². The predicted octanol–water partition coefficient (Wildman–Crippen LogP) is 0.355. The molecule has 118 valence electrons. The molecule has 0 aliphatic carbocycles. The Morgan fingerprint density at radius 3 is 2.24 bits per heavy atom. The van der Waals surface area contributed by atoms with E-state index in [2.05, 4.69) is 0 Å². The van der Waals surface area contributed by atoms with E-state index in [1.54, 1.807) is 0 Å². The second-order valence-corrected chi connectivity index (χ2v) is 9.05. The van der Waals surface area contributed by atoms with Crippen LogP contribution in [-0.2, 0) is 19.9 Å². The number of halogens is 2. The molecule has 1 aliphatic rings. The molecule has 1 atom stereocenters. The quantitative estimate of drug-likeness (QED) is 0.801. The minimum absolute atomic E-state index is 0.0935. The number of anilines is 1. The maximum Gasteiger partial charge on any atom is 0.248 e. The molecule has 0 spiro atoms. The second kappa shape index (κ2) is 5.18. The Bertz CT molecular complexity index is 754. The molecular weight excluding hydrogens is 326 g/mol. The van der Waals surface area contributed by atoms with Gasteiger partial charge in [0, 0.05) is 18.8 Å². The van der Waals surface area contributed by atoms with Gasteiger partial charge in [-0.05, 0) is 18.6 Å². The van der Waals surface area contributed by atoms with Crippen molar-refractivity contribution in [2.45, 2.75) is 17.4 Å². The summed E-state index contributed by atoms with van der Waals surface area (Å²) in [6.45, 7) is 0. The van der Waals surface area contributed by atoms with Crippen molar-refractivity contribution in [2.24, 2.45) is 0 Å². The Morgan fingerprint density at radius 2 is 1.81 bits per heavy atom. The molecule has 0 bridgehead atoms. The molecule has 1 unspecified atom stereocenters. The molecule has 1 aromatic rings. The van der Waals surface area contributed by atoms with E-state index in [-0.39, 0.29) is 23.6 Å². The molecule has 21 heavy (non-hydrogen) atoms. The third-order valence-corrected chi connectivity index (χ3v) is 7.09. The topological polar surface area (TPSA) is 97.5 Å². The van der Waals surface area contributed by atoms with Gasteiger partial charge in [-0.15, -0.1) is 0 Å². The van der Waals surface area contributed by atoms with E-state index in [9.17, 15) is 25.6 Å². The Labute approximate surface area is 121 Å². The lowest BCUT2D eigenvalue weighted by Crippen LogP contribution is -2.38. The van der Waals surface area contributed by atoms with Gasteiger partial charge >= 0.3 is 0 Å². The average molecular weight is 340 g/mol. The van der Waals surface area contributed by atoms with Gasteiger partial charge in [0.15, 0.2) is 14.7 Å². The lowest BCUT2D eigenvalue weighted by atomic mass is 10.3. The van der Waals surface area contributed by atoms with E-state index < -0.39 is 42.4 Å². The molecule has 1 saturated heterocycles. The summed E-state index contributed by atoms with van der Waals surface area (Å²) in [4.78, 5) is -1.12. The summed E-state index contributed by atoms with van der Waals surface area (Å²) in [7, 11) is -6.70. The van der Waals surface area contributed by atoms with Crippen LogP contribution in [-0.4, -0.2) is 45.7 Å². The van der Waals surface area contributed by atoms with Crippen LogP contribution in [0, 0.1) is 11.6 Å². The normalized spacial score (nSPS) is 21.8. The fourth-order valence-corrected chi connectivity index (χ4v) is 5.57. The zero-order chi connectivity index (χ0) is 16.0. The van der Waals surface area contributed by atoms with Crippen molar-refractivity contribution in [3.63, 3.8) is 0 Å². The van der Waals surface area contributed by atoms with Gasteiger partial charge in [0.25, 0.3) is 0 Å². The van der Waals surface area contributed by atoms with Crippen molar-refractivity contribution < 1.29 is 25.6 Å². The number of rotatable bonds is 3. The predicted molar refractivity (Wildman–Crippen MR) is 72.8 cm³/mol. The van der Waals surface area contributed by atoms with Crippen LogP contribution in [0.4, 0.5) is 14.5 Å². The highest BCUT2D eigenvalue weighted by atomic mass is 32.2. The Balaban J connectivity index is 2.44. The molecule has 1 heterocycles. The summed E-state index contributed by atoms with van der Waals surface area (Å²) in [6.07, 6.45) is 0.0935. The maximum absolute atomic E-state index is 13.8. The number of benzene rings is 1. The largest absolute Gasteiger partial charge is 0.399 e. The van der Waals surface area contributed by atoms with Crippen LogP contribution in [0.15, 0.2) is 17.0 Å². The van der Waals surface area contributed by atoms with Crippen LogP contribution in [0.1, 0.15) is 6.42 Å². The number of sulfonamides is 1. The zero-order valence-corrected chi connectivity index (χ0v) is 12.7.